The molecule has 0 aliphatic carbocycles. The minimum atomic E-state index is -0.396. The lowest BCUT2D eigenvalue weighted by Gasteiger charge is -2.10. The van der Waals surface area contributed by atoms with Gasteiger partial charge in [0.15, 0.2) is 5.96 Å². The third kappa shape index (κ3) is 6.69. The summed E-state index contributed by atoms with van der Waals surface area (Å²) in [6.45, 7) is 5.69. The summed E-state index contributed by atoms with van der Waals surface area (Å²) in [7, 11) is 1.35. The van der Waals surface area contributed by atoms with Crippen LogP contribution in [0.25, 0.3) is 0 Å². The Bertz CT molecular complexity index is 683. The lowest BCUT2D eigenvalue weighted by molar-refractivity contribution is 0.0599. The van der Waals surface area contributed by atoms with Crippen LogP contribution in [0.4, 0.5) is 0 Å². The van der Waals surface area contributed by atoms with Crippen LogP contribution in [-0.2, 0) is 17.7 Å². The highest BCUT2D eigenvalue weighted by atomic mass is 127. The number of esters is 1. The van der Waals surface area contributed by atoms with Gasteiger partial charge in [0.2, 0.25) is 0 Å². The molecule has 0 amide bonds. The third-order valence-electron chi connectivity index (χ3n) is 3.36. The average Bonchev–Trinajstić information content (AvgIpc) is 3.21. The van der Waals surface area contributed by atoms with Crippen molar-refractivity contribution in [3.63, 3.8) is 0 Å². The number of guanidine groups is 1. The van der Waals surface area contributed by atoms with Gasteiger partial charge in [-0.15, -0.1) is 35.3 Å². The third-order valence-corrected chi connectivity index (χ3v) is 4.29. The predicted molar refractivity (Wildman–Crippen MR) is 111 cm³/mol. The number of aryl methyl sites for hydroxylation is 1. The van der Waals surface area contributed by atoms with Crippen LogP contribution in [0.3, 0.4) is 0 Å². The van der Waals surface area contributed by atoms with E-state index in [0.29, 0.717) is 23.6 Å². The molecule has 25 heavy (non-hydrogen) atoms. The van der Waals surface area contributed by atoms with E-state index in [0.717, 1.165) is 25.5 Å². The van der Waals surface area contributed by atoms with Gasteiger partial charge < -0.3 is 19.8 Å². The van der Waals surface area contributed by atoms with Crippen molar-refractivity contribution >= 4 is 47.2 Å². The number of hydrogen-bond donors (Lipinski definition) is 2. The van der Waals surface area contributed by atoms with Crippen molar-refractivity contribution in [1.29, 1.82) is 0 Å². The van der Waals surface area contributed by atoms with Crippen LogP contribution in [0.1, 0.15) is 33.7 Å². The van der Waals surface area contributed by atoms with Crippen LogP contribution in [0.2, 0.25) is 0 Å². The number of hydrogen-bond acceptors (Lipinski definition) is 5. The van der Waals surface area contributed by atoms with Gasteiger partial charge in [-0.05, 0) is 37.8 Å². The molecule has 138 valence electrons. The van der Waals surface area contributed by atoms with Gasteiger partial charge in [0.25, 0.3) is 0 Å². The molecular weight excluding hydrogens is 453 g/mol. The topological polar surface area (TPSA) is 75.9 Å². The molecule has 0 bridgehead atoms. The van der Waals surface area contributed by atoms with Crippen LogP contribution in [-0.4, -0.2) is 32.1 Å². The Hall–Kier alpha value is -1.55. The van der Waals surface area contributed by atoms with Crippen LogP contribution < -0.4 is 10.6 Å². The van der Waals surface area contributed by atoms with E-state index >= 15 is 0 Å². The van der Waals surface area contributed by atoms with Gasteiger partial charge in [0.05, 0.1) is 7.11 Å². The zero-order chi connectivity index (χ0) is 17.4. The molecule has 0 aliphatic heterocycles. The number of carbonyl (C=O) groups excluding carboxylic acids is 1. The number of methoxy groups -OCH3 is 1. The lowest BCUT2D eigenvalue weighted by Crippen LogP contribution is -2.38. The number of furan rings is 1. The molecular formula is C17H24IN3O3S. The van der Waals surface area contributed by atoms with Gasteiger partial charge in [-0.3, -0.25) is 0 Å². The summed E-state index contributed by atoms with van der Waals surface area (Å²) in [4.78, 5) is 17.4. The second-order valence-corrected chi connectivity index (χ2v) is 6.16. The van der Waals surface area contributed by atoms with Crippen molar-refractivity contribution in [2.24, 2.45) is 4.99 Å². The molecule has 2 rings (SSSR count). The molecule has 0 spiro atoms. The lowest BCUT2D eigenvalue weighted by atomic mass is 10.2. The maximum Gasteiger partial charge on any atom is 0.341 e. The van der Waals surface area contributed by atoms with E-state index in [4.69, 9.17) is 9.15 Å². The van der Waals surface area contributed by atoms with Gasteiger partial charge in [-0.25, -0.2) is 9.79 Å². The summed E-state index contributed by atoms with van der Waals surface area (Å²) >= 11 is 1.75. The number of rotatable bonds is 7. The number of thiophene rings is 1. The van der Waals surface area contributed by atoms with Crippen LogP contribution >= 0.6 is 35.3 Å². The maximum absolute atomic E-state index is 11.6. The Labute approximate surface area is 169 Å². The normalized spacial score (nSPS) is 10.9. The minimum Gasteiger partial charge on any atom is -0.465 e. The van der Waals surface area contributed by atoms with E-state index < -0.39 is 5.97 Å². The first-order valence-corrected chi connectivity index (χ1v) is 8.74. The van der Waals surface area contributed by atoms with E-state index in [-0.39, 0.29) is 24.0 Å². The van der Waals surface area contributed by atoms with Crippen LogP contribution in [0.5, 0.6) is 0 Å². The van der Waals surface area contributed by atoms with Gasteiger partial charge in [-0.1, -0.05) is 6.07 Å². The fraction of sp³-hybridized carbons (Fsp3) is 0.412. The fourth-order valence-electron chi connectivity index (χ4n) is 2.19. The number of halogens is 1. The highest BCUT2D eigenvalue weighted by molar-refractivity contribution is 14.0. The average molecular weight is 477 g/mol. The summed E-state index contributed by atoms with van der Waals surface area (Å²) in [6.07, 6.45) is 0.953. The molecule has 6 nitrogen and oxygen atoms in total. The number of aliphatic imine (C=N–C) groups is 1. The molecule has 0 fully saturated rings. The maximum atomic E-state index is 11.6. The van der Waals surface area contributed by atoms with E-state index in [2.05, 4.69) is 33.1 Å². The molecule has 0 aliphatic rings. The van der Waals surface area contributed by atoms with Gasteiger partial charge in [0.1, 0.15) is 23.6 Å². The molecule has 8 heteroatoms. The van der Waals surface area contributed by atoms with E-state index in [1.165, 1.54) is 12.0 Å². The van der Waals surface area contributed by atoms with Crippen molar-refractivity contribution in [3.8, 4) is 0 Å². The van der Waals surface area contributed by atoms with Crippen molar-refractivity contribution < 1.29 is 13.9 Å². The highest BCUT2D eigenvalue weighted by Gasteiger charge is 2.15. The SMILES string of the molecule is CCNC(=NCc1cc(C(=O)OC)c(C)o1)NCCc1cccs1.I. The Balaban J connectivity index is 0.00000312. The minimum absolute atomic E-state index is 0. The Morgan fingerprint density at radius 2 is 2.20 bits per heavy atom. The van der Waals surface area contributed by atoms with Gasteiger partial charge >= 0.3 is 5.97 Å². The second-order valence-electron chi connectivity index (χ2n) is 5.13. The smallest absolute Gasteiger partial charge is 0.341 e. The Morgan fingerprint density at radius 3 is 2.84 bits per heavy atom. The Morgan fingerprint density at radius 1 is 1.40 bits per heavy atom. The van der Waals surface area contributed by atoms with Crippen LogP contribution in [0, 0.1) is 6.92 Å². The first-order chi connectivity index (χ1) is 11.6. The summed E-state index contributed by atoms with van der Waals surface area (Å²) in [5.41, 5.74) is 0.443. The molecule has 0 atom stereocenters. The van der Waals surface area contributed by atoms with Crippen molar-refractivity contribution in [1.82, 2.24) is 10.6 Å². The molecule has 0 radical (unpaired) electrons. The molecule has 0 unspecified atom stereocenters. The predicted octanol–water partition coefficient (Wildman–Crippen LogP) is 3.35. The largest absolute Gasteiger partial charge is 0.465 e. The van der Waals surface area contributed by atoms with E-state index in [9.17, 15) is 4.79 Å². The number of carbonyl (C=O) groups is 1. The number of ether oxygens (including phenoxy) is 1. The Kier molecular flexibility index (Phi) is 9.58. The monoisotopic (exact) mass is 477 g/mol. The molecule has 0 saturated heterocycles. The first kappa shape index (κ1) is 21.5. The summed E-state index contributed by atoms with van der Waals surface area (Å²) < 4.78 is 10.3. The molecule has 0 aromatic carbocycles. The first-order valence-electron chi connectivity index (χ1n) is 7.86. The molecule has 2 aromatic rings. The van der Waals surface area contributed by atoms with E-state index in [1.54, 1.807) is 24.3 Å². The summed E-state index contributed by atoms with van der Waals surface area (Å²) in [5, 5.41) is 8.57. The summed E-state index contributed by atoms with van der Waals surface area (Å²) in [6, 6.07) is 5.85. The quantitative estimate of drug-likeness (QED) is 0.277. The van der Waals surface area contributed by atoms with Crippen LogP contribution in [0.15, 0.2) is 33.0 Å². The molecule has 2 N–H and O–H groups in total. The van der Waals surface area contributed by atoms with Gasteiger partial charge in [-0.2, -0.15) is 0 Å². The van der Waals surface area contributed by atoms with Crippen molar-refractivity contribution in [3.05, 3.63) is 45.5 Å². The van der Waals surface area contributed by atoms with Crippen molar-refractivity contribution in [2.45, 2.75) is 26.8 Å². The number of nitrogens with zero attached hydrogens (tertiary/aromatic N) is 1. The fourth-order valence-corrected chi connectivity index (χ4v) is 2.90. The number of nitrogens with one attached hydrogen (secondary N) is 2. The van der Waals surface area contributed by atoms with E-state index in [1.807, 2.05) is 6.92 Å². The van der Waals surface area contributed by atoms with Gasteiger partial charge in [0, 0.05) is 18.0 Å². The second kappa shape index (κ2) is 11.1. The zero-order valence-electron chi connectivity index (χ0n) is 14.6. The standard InChI is InChI=1S/C17H23N3O3S.HI/c1-4-18-17(19-8-7-14-6-5-9-24-14)20-11-13-10-15(12(2)23-13)16(21)22-3;/h5-6,9-10H,4,7-8,11H2,1-3H3,(H2,18,19,20);1H. The molecule has 2 aromatic heterocycles. The summed E-state index contributed by atoms with van der Waals surface area (Å²) in [5.74, 6) is 1.50. The highest BCUT2D eigenvalue weighted by Crippen LogP contribution is 2.16. The zero-order valence-corrected chi connectivity index (χ0v) is 17.8. The van der Waals surface area contributed by atoms with Crippen molar-refractivity contribution in [2.75, 3.05) is 20.2 Å². The molecule has 0 saturated carbocycles. The molecule has 2 heterocycles.